The zero-order valence-corrected chi connectivity index (χ0v) is 18.8. The summed E-state index contributed by atoms with van der Waals surface area (Å²) in [4.78, 5) is 19.7. The molecule has 32 heavy (non-hydrogen) atoms. The van der Waals surface area contributed by atoms with Crippen molar-refractivity contribution in [2.24, 2.45) is 0 Å². The van der Waals surface area contributed by atoms with Gasteiger partial charge in [0.25, 0.3) is 5.91 Å². The van der Waals surface area contributed by atoms with Gasteiger partial charge in [0.2, 0.25) is 0 Å². The van der Waals surface area contributed by atoms with E-state index in [1.165, 1.54) is 17.4 Å². The third-order valence-corrected chi connectivity index (χ3v) is 5.87. The Morgan fingerprint density at radius 2 is 1.69 bits per heavy atom. The number of para-hydroxylation sites is 1. The molecular weight excluding hydrogens is 424 g/mol. The van der Waals surface area contributed by atoms with Crippen molar-refractivity contribution in [2.75, 3.05) is 26.2 Å². The van der Waals surface area contributed by atoms with Crippen LogP contribution in [-0.2, 0) is 4.79 Å². The van der Waals surface area contributed by atoms with Crippen molar-refractivity contribution in [3.05, 3.63) is 78.4 Å². The first kappa shape index (κ1) is 21.4. The van der Waals surface area contributed by atoms with Crippen molar-refractivity contribution < 1.29 is 19.0 Å². The minimum atomic E-state index is -0.248. The molecule has 0 saturated carbocycles. The Labute approximate surface area is 190 Å². The number of benzene rings is 3. The van der Waals surface area contributed by atoms with E-state index in [2.05, 4.69) is 4.98 Å². The lowest BCUT2D eigenvalue weighted by Gasteiger charge is -2.19. The molecule has 0 unspecified atom stereocenters. The number of hydrogen-bond donors (Lipinski definition) is 0. The monoisotopic (exact) mass is 446 g/mol. The lowest BCUT2D eigenvalue weighted by atomic mass is 10.1. The van der Waals surface area contributed by atoms with Crippen LogP contribution in [0, 0.1) is 0 Å². The summed E-state index contributed by atoms with van der Waals surface area (Å²) in [6.45, 7) is 0. The topological polar surface area (TPSA) is 60.9 Å². The van der Waals surface area contributed by atoms with Gasteiger partial charge in [-0.3, -0.25) is 9.69 Å². The summed E-state index contributed by atoms with van der Waals surface area (Å²) < 4.78 is 17.1. The maximum atomic E-state index is 13.4. The first-order valence-electron chi connectivity index (χ1n) is 9.86. The Morgan fingerprint density at radius 3 is 2.44 bits per heavy atom. The molecule has 162 valence electrons. The average molecular weight is 447 g/mol. The summed E-state index contributed by atoms with van der Waals surface area (Å²) in [6.07, 6.45) is 3.22. The minimum Gasteiger partial charge on any atom is -0.497 e. The molecule has 1 aromatic heterocycles. The highest BCUT2D eigenvalue weighted by molar-refractivity contribution is 7.22. The van der Waals surface area contributed by atoms with Crippen molar-refractivity contribution in [3.8, 4) is 17.2 Å². The van der Waals surface area contributed by atoms with Crippen molar-refractivity contribution in [1.29, 1.82) is 0 Å². The SMILES string of the molecule is COc1cccc(N(C(=O)C=Cc2cc(OC)ccc2OC)c2nc3ccccc3s2)c1. The third kappa shape index (κ3) is 4.43. The number of aromatic nitrogens is 1. The maximum Gasteiger partial charge on any atom is 0.257 e. The van der Waals surface area contributed by atoms with Crippen LogP contribution in [0.3, 0.4) is 0 Å². The number of methoxy groups -OCH3 is 3. The standard InChI is InChI=1S/C25H22N2O4S/c1-29-19-8-6-7-18(16-19)27(25-26-21-9-4-5-10-23(21)32-25)24(28)14-11-17-15-20(30-2)12-13-22(17)31-3/h4-16H,1-3H3. The molecule has 4 aromatic rings. The molecule has 1 amide bonds. The van der Waals surface area contributed by atoms with Crippen LogP contribution in [0.25, 0.3) is 16.3 Å². The van der Waals surface area contributed by atoms with Gasteiger partial charge in [0.1, 0.15) is 17.2 Å². The molecule has 4 rings (SSSR count). The Hall–Kier alpha value is -3.84. The van der Waals surface area contributed by atoms with E-state index in [0.717, 1.165) is 15.8 Å². The van der Waals surface area contributed by atoms with Crippen LogP contribution in [0.5, 0.6) is 17.2 Å². The molecule has 3 aromatic carbocycles. The van der Waals surface area contributed by atoms with Crippen molar-refractivity contribution >= 4 is 44.4 Å². The Kier molecular flexibility index (Phi) is 6.37. The molecule has 0 aliphatic rings. The van der Waals surface area contributed by atoms with Gasteiger partial charge in [-0.1, -0.05) is 29.5 Å². The number of thiazole rings is 1. The van der Waals surface area contributed by atoms with Crippen LogP contribution >= 0.6 is 11.3 Å². The van der Waals surface area contributed by atoms with E-state index < -0.39 is 0 Å². The molecule has 7 heteroatoms. The van der Waals surface area contributed by atoms with Gasteiger partial charge in [0.05, 0.1) is 37.2 Å². The summed E-state index contributed by atoms with van der Waals surface area (Å²) in [5.41, 5.74) is 2.23. The Bertz CT molecular complexity index is 1250. The van der Waals surface area contributed by atoms with Gasteiger partial charge < -0.3 is 14.2 Å². The van der Waals surface area contributed by atoms with Gasteiger partial charge in [-0.05, 0) is 48.5 Å². The summed E-state index contributed by atoms with van der Waals surface area (Å²) in [6, 6.07) is 20.6. The van der Waals surface area contributed by atoms with E-state index in [-0.39, 0.29) is 5.91 Å². The predicted molar refractivity (Wildman–Crippen MR) is 128 cm³/mol. The molecule has 0 atom stereocenters. The zero-order chi connectivity index (χ0) is 22.5. The van der Waals surface area contributed by atoms with E-state index in [1.54, 1.807) is 38.4 Å². The Morgan fingerprint density at radius 1 is 0.906 bits per heavy atom. The number of nitrogens with zero attached hydrogens (tertiary/aromatic N) is 2. The number of carbonyl (C=O) groups excluding carboxylic acids is 1. The summed E-state index contributed by atoms with van der Waals surface area (Å²) in [7, 11) is 4.78. The van der Waals surface area contributed by atoms with Gasteiger partial charge in [0.15, 0.2) is 5.13 Å². The van der Waals surface area contributed by atoms with Crippen molar-refractivity contribution in [2.45, 2.75) is 0 Å². The lowest BCUT2D eigenvalue weighted by molar-refractivity contribution is -0.113. The third-order valence-electron chi connectivity index (χ3n) is 4.85. The lowest BCUT2D eigenvalue weighted by Crippen LogP contribution is -2.23. The fourth-order valence-corrected chi connectivity index (χ4v) is 4.23. The van der Waals surface area contributed by atoms with E-state index in [4.69, 9.17) is 14.2 Å². The number of amides is 1. The highest BCUT2D eigenvalue weighted by Gasteiger charge is 2.21. The van der Waals surface area contributed by atoms with Gasteiger partial charge in [0, 0.05) is 17.7 Å². The second-order valence-corrected chi connectivity index (χ2v) is 7.79. The van der Waals surface area contributed by atoms with E-state index in [9.17, 15) is 4.79 Å². The first-order valence-corrected chi connectivity index (χ1v) is 10.7. The summed E-state index contributed by atoms with van der Waals surface area (Å²) in [5, 5.41) is 0.576. The van der Waals surface area contributed by atoms with Gasteiger partial charge in [-0.25, -0.2) is 4.98 Å². The number of rotatable bonds is 7. The quantitative estimate of drug-likeness (QED) is 0.341. The maximum absolute atomic E-state index is 13.4. The number of fused-ring (bicyclic) bond motifs is 1. The minimum absolute atomic E-state index is 0.248. The molecular formula is C25H22N2O4S. The normalized spacial score (nSPS) is 11.0. The van der Waals surface area contributed by atoms with Gasteiger partial charge in [-0.15, -0.1) is 0 Å². The number of hydrogen-bond acceptors (Lipinski definition) is 6. The molecule has 0 aliphatic heterocycles. The molecule has 0 radical (unpaired) electrons. The predicted octanol–water partition coefficient (Wildman–Crippen LogP) is 5.70. The molecule has 6 nitrogen and oxygen atoms in total. The number of ether oxygens (including phenoxy) is 3. The highest BCUT2D eigenvalue weighted by atomic mass is 32.1. The molecule has 1 heterocycles. The highest BCUT2D eigenvalue weighted by Crippen LogP contribution is 2.35. The largest absolute Gasteiger partial charge is 0.497 e. The van der Waals surface area contributed by atoms with Crippen LogP contribution in [0.2, 0.25) is 0 Å². The van der Waals surface area contributed by atoms with E-state index in [1.807, 2.05) is 60.7 Å². The first-order chi connectivity index (χ1) is 15.6. The van der Waals surface area contributed by atoms with Crippen LogP contribution in [0.15, 0.2) is 72.8 Å². The van der Waals surface area contributed by atoms with Crippen LogP contribution in [-0.4, -0.2) is 32.2 Å². The van der Waals surface area contributed by atoms with Crippen LogP contribution < -0.4 is 19.1 Å². The zero-order valence-electron chi connectivity index (χ0n) is 17.9. The molecule has 0 fully saturated rings. The fraction of sp³-hybridized carbons (Fsp3) is 0.120. The molecule has 0 aliphatic carbocycles. The van der Waals surface area contributed by atoms with Crippen molar-refractivity contribution in [3.63, 3.8) is 0 Å². The second kappa shape index (κ2) is 9.53. The Balaban J connectivity index is 1.76. The van der Waals surface area contributed by atoms with Gasteiger partial charge >= 0.3 is 0 Å². The molecule has 0 saturated heterocycles. The van der Waals surface area contributed by atoms with E-state index >= 15 is 0 Å². The fourth-order valence-electron chi connectivity index (χ4n) is 3.24. The summed E-state index contributed by atoms with van der Waals surface area (Å²) >= 11 is 1.45. The average Bonchev–Trinajstić information content (AvgIpc) is 3.26. The number of anilines is 2. The molecule has 0 bridgehead atoms. The summed E-state index contributed by atoms with van der Waals surface area (Å²) in [5.74, 6) is 1.72. The van der Waals surface area contributed by atoms with E-state index in [0.29, 0.717) is 28.1 Å². The molecule has 0 N–H and O–H groups in total. The number of carbonyl (C=O) groups is 1. The molecule has 0 spiro atoms. The van der Waals surface area contributed by atoms with Crippen LogP contribution in [0.1, 0.15) is 5.56 Å². The van der Waals surface area contributed by atoms with Crippen LogP contribution in [0.4, 0.5) is 10.8 Å². The smallest absolute Gasteiger partial charge is 0.257 e. The second-order valence-electron chi connectivity index (χ2n) is 6.78. The van der Waals surface area contributed by atoms with Crippen molar-refractivity contribution in [1.82, 2.24) is 4.98 Å². The van der Waals surface area contributed by atoms with Gasteiger partial charge in [-0.2, -0.15) is 0 Å².